The molecule has 1 saturated carbocycles. The van der Waals surface area contributed by atoms with Crippen LogP contribution in [0, 0.1) is 18.8 Å². The molecular formula is C11H16N2O4. The molecule has 0 bridgehead atoms. The van der Waals surface area contributed by atoms with Crippen molar-refractivity contribution in [3.63, 3.8) is 0 Å². The van der Waals surface area contributed by atoms with Crippen molar-refractivity contribution in [1.82, 2.24) is 9.55 Å². The summed E-state index contributed by atoms with van der Waals surface area (Å²) >= 11 is 0. The second kappa shape index (κ2) is 4.46. The van der Waals surface area contributed by atoms with Crippen molar-refractivity contribution in [3.05, 3.63) is 32.6 Å². The average molecular weight is 240 g/mol. The summed E-state index contributed by atoms with van der Waals surface area (Å²) in [6.45, 7) is 1.86. The van der Waals surface area contributed by atoms with Gasteiger partial charge >= 0.3 is 5.69 Å². The summed E-state index contributed by atoms with van der Waals surface area (Å²) in [5, 5.41) is 18.2. The van der Waals surface area contributed by atoms with Crippen molar-refractivity contribution in [3.8, 4) is 0 Å². The highest BCUT2D eigenvalue weighted by atomic mass is 16.3. The summed E-state index contributed by atoms with van der Waals surface area (Å²) in [6.07, 6.45) is 1.62. The zero-order valence-electron chi connectivity index (χ0n) is 9.59. The molecule has 2 rings (SSSR count). The topological polar surface area (TPSA) is 95.3 Å². The highest BCUT2D eigenvalue weighted by Gasteiger charge is 2.42. The van der Waals surface area contributed by atoms with Gasteiger partial charge in [-0.05, 0) is 25.2 Å². The lowest BCUT2D eigenvalue weighted by Crippen LogP contribution is -2.31. The van der Waals surface area contributed by atoms with Crippen molar-refractivity contribution in [2.45, 2.75) is 26.0 Å². The maximum Gasteiger partial charge on any atom is 0.328 e. The Morgan fingerprint density at radius 1 is 1.59 bits per heavy atom. The van der Waals surface area contributed by atoms with Crippen molar-refractivity contribution in [1.29, 1.82) is 0 Å². The van der Waals surface area contributed by atoms with Gasteiger partial charge in [-0.3, -0.25) is 9.78 Å². The number of hydrogen-bond donors (Lipinski definition) is 3. The number of nitrogens with zero attached hydrogens (tertiary/aromatic N) is 1. The minimum absolute atomic E-state index is 0.0548. The number of hydrogen-bond acceptors (Lipinski definition) is 4. The number of aryl methyl sites for hydroxylation is 1. The molecule has 0 amide bonds. The summed E-state index contributed by atoms with van der Waals surface area (Å²) in [7, 11) is 0. The third kappa shape index (κ3) is 2.48. The number of aliphatic hydroxyl groups excluding tert-OH is 2. The van der Waals surface area contributed by atoms with Gasteiger partial charge in [-0.25, -0.2) is 4.79 Å². The highest BCUT2D eigenvalue weighted by molar-refractivity contribution is 5.02. The summed E-state index contributed by atoms with van der Waals surface area (Å²) in [5.41, 5.74) is -0.303. The fraction of sp³-hybridized carbons (Fsp3) is 0.636. The second-order valence-corrected chi connectivity index (χ2v) is 4.63. The molecule has 1 aromatic rings. The predicted molar refractivity (Wildman–Crippen MR) is 60.7 cm³/mol. The van der Waals surface area contributed by atoms with Crippen LogP contribution >= 0.6 is 0 Å². The number of rotatable bonds is 4. The zero-order chi connectivity index (χ0) is 12.6. The van der Waals surface area contributed by atoms with Crippen molar-refractivity contribution in [2.24, 2.45) is 11.8 Å². The average Bonchev–Trinajstić information content (AvgIpc) is 3.04. The minimum Gasteiger partial charge on any atom is -0.394 e. The number of H-pyrrole nitrogens is 1. The SMILES string of the molecule is Cc1cn(CC2CC2C(O)CO)c(=O)[nH]c1=O. The third-order valence-electron chi connectivity index (χ3n) is 3.28. The van der Waals surface area contributed by atoms with Crippen LogP contribution in [0.2, 0.25) is 0 Å². The molecule has 0 saturated heterocycles. The van der Waals surface area contributed by atoms with Gasteiger partial charge in [-0.1, -0.05) is 0 Å². The van der Waals surface area contributed by atoms with Gasteiger partial charge in [0.25, 0.3) is 5.56 Å². The molecular weight excluding hydrogens is 224 g/mol. The fourth-order valence-corrected chi connectivity index (χ4v) is 2.09. The van der Waals surface area contributed by atoms with E-state index in [0.717, 1.165) is 6.42 Å². The Morgan fingerprint density at radius 3 is 2.94 bits per heavy atom. The van der Waals surface area contributed by atoms with E-state index < -0.39 is 11.8 Å². The van der Waals surface area contributed by atoms with Gasteiger partial charge in [0.2, 0.25) is 0 Å². The molecule has 0 spiro atoms. The molecule has 1 aliphatic carbocycles. The van der Waals surface area contributed by atoms with Crippen LogP contribution in [0.3, 0.4) is 0 Å². The van der Waals surface area contributed by atoms with Gasteiger partial charge in [-0.2, -0.15) is 0 Å². The van der Waals surface area contributed by atoms with Crippen LogP contribution in [-0.4, -0.2) is 32.5 Å². The van der Waals surface area contributed by atoms with E-state index in [2.05, 4.69) is 4.98 Å². The van der Waals surface area contributed by atoms with Gasteiger partial charge in [0, 0.05) is 18.3 Å². The number of aromatic amines is 1. The largest absolute Gasteiger partial charge is 0.394 e. The molecule has 1 aliphatic rings. The van der Waals surface area contributed by atoms with Gasteiger partial charge < -0.3 is 14.8 Å². The van der Waals surface area contributed by atoms with E-state index in [1.807, 2.05) is 0 Å². The molecule has 17 heavy (non-hydrogen) atoms. The maximum absolute atomic E-state index is 11.5. The van der Waals surface area contributed by atoms with Crippen LogP contribution < -0.4 is 11.2 Å². The molecule has 1 heterocycles. The van der Waals surface area contributed by atoms with E-state index in [1.54, 1.807) is 6.92 Å². The smallest absolute Gasteiger partial charge is 0.328 e. The van der Waals surface area contributed by atoms with E-state index in [4.69, 9.17) is 5.11 Å². The predicted octanol–water partition coefficient (Wildman–Crippen LogP) is -1.17. The van der Waals surface area contributed by atoms with Crippen LogP contribution in [0.15, 0.2) is 15.8 Å². The zero-order valence-corrected chi connectivity index (χ0v) is 9.59. The molecule has 3 N–H and O–H groups in total. The lowest BCUT2D eigenvalue weighted by atomic mass is 10.2. The summed E-state index contributed by atoms with van der Waals surface area (Å²) in [5.74, 6) is 0.249. The summed E-state index contributed by atoms with van der Waals surface area (Å²) in [4.78, 5) is 24.9. The lowest BCUT2D eigenvalue weighted by molar-refractivity contribution is 0.0727. The van der Waals surface area contributed by atoms with Crippen molar-refractivity contribution >= 4 is 0 Å². The van der Waals surface area contributed by atoms with Gasteiger partial charge in [0.05, 0.1) is 12.7 Å². The maximum atomic E-state index is 11.5. The molecule has 3 unspecified atom stereocenters. The molecule has 3 atom stereocenters. The van der Waals surface area contributed by atoms with E-state index in [1.165, 1.54) is 10.8 Å². The van der Waals surface area contributed by atoms with Gasteiger partial charge in [0.1, 0.15) is 0 Å². The first-order valence-electron chi connectivity index (χ1n) is 5.62. The summed E-state index contributed by atoms with van der Waals surface area (Å²) < 4.78 is 1.45. The Bertz CT molecular complexity index is 519. The van der Waals surface area contributed by atoms with E-state index in [-0.39, 0.29) is 24.0 Å². The Kier molecular flexibility index (Phi) is 3.17. The van der Waals surface area contributed by atoms with E-state index >= 15 is 0 Å². The van der Waals surface area contributed by atoms with Crippen LogP contribution in [0.25, 0.3) is 0 Å². The van der Waals surface area contributed by atoms with Crippen LogP contribution in [0.5, 0.6) is 0 Å². The standard InChI is InChI=1S/C11H16N2O4/c1-6-3-13(11(17)12-10(6)16)4-7-2-8(7)9(15)5-14/h3,7-9,14-15H,2,4-5H2,1H3,(H,12,16,17). The number of aliphatic hydroxyl groups is 2. The van der Waals surface area contributed by atoms with Crippen molar-refractivity contribution in [2.75, 3.05) is 6.61 Å². The van der Waals surface area contributed by atoms with Gasteiger partial charge in [-0.15, -0.1) is 0 Å². The normalized spacial score (nSPS) is 24.6. The molecule has 0 aromatic carbocycles. The molecule has 6 nitrogen and oxygen atoms in total. The Hall–Kier alpha value is -1.40. The van der Waals surface area contributed by atoms with E-state index in [0.29, 0.717) is 12.1 Å². The van der Waals surface area contributed by atoms with Gasteiger partial charge in [0.15, 0.2) is 0 Å². The second-order valence-electron chi connectivity index (χ2n) is 4.63. The first-order chi connectivity index (χ1) is 8.02. The molecule has 0 aliphatic heterocycles. The first kappa shape index (κ1) is 12.1. The Morgan fingerprint density at radius 2 is 2.29 bits per heavy atom. The van der Waals surface area contributed by atoms with E-state index in [9.17, 15) is 14.7 Å². The third-order valence-corrected chi connectivity index (χ3v) is 3.28. The first-order valence-corrected chi connectivity index (χ1v) is 5.62. The van der Waals surface area contributed by atoms with Crippen LogP contribution in [0.4, 0.5) is 0 Å². The Labute approximate surface area is 97.5 Å². The molecule has 1 aromatic heterocycles. The van der Waals surface area contributed by atoms with Crippen LogP contribution in [0.1, 0.15) is 12.0 Å². The fourth-order valence-electron chi connectivity index (χ4n) is 2.09. The summed E-state index contributed by atoms with van der Waals surface area (Å²) in [6, 6.07) is 0. The quantitative estimate of drug-likeness (QED) is 0.618. The monoisotopic (exact) mass is 240 g/mol. The molecule has 0 radical (unpaired) electrons. The molecule has 6 heteroatoms. The number of nitrogens with one attached hydrogen (secondary N) is 1. The minimum atomic E-state index is -0.709. The van der Waals surface area contributed by atoms with Crippen LogP contribution in [-0.2, 0) is 6.54 Å². The highest BCUT2D eigenvalue weighted by Crippen LogP contribution is 2.42. The Balaban J connectivity index is 2.09. The molecule has 94 valence electrons. The molecule has 1 fully saturated rings. The lowest BCUT2D eigenvalue weighted by Gasteiger charge is -2.08. The number of aromatic nitrogens is 2. The van der Waals surface area contributed by atoms with Crippen molar-refractivity contribution < 1.29 is 10.2 Å².